The van der Waals surface area contributed by atoms with Crippen LogP contribution in [0.15, 0.2) is 60.2 Å². The summed E-state index contributed by atoms with van der Waals surface area (Å²) in [4.78, 5) is 21.9. The predicted molar refractivity (Wildman–Crippen MR) is 117 cm³/mol. The standard InChI is InChI=1S/C22H19N3O4S/c1-27-15-8-9-18(28-2)17(10-15)25-19(26)11-29-21-20-16(14-6-4-3-5-7-14)12-30-22(20)24-13-23-21/h3-10,12-13H,11H2,1-2H3,(H,25,26). The minimum Gasteiger partial charge on any atom is -0.497 e. The molecule has 2 heterocycles. The van der Waals surface area contributed by atoms with Crippen molar-refractivity contribution in [2.24, 2.45) is 0 Å². The fourth-order valence-corrected chi connectivity index (χ4v) is 3.93. The van der Waals surface area contributed by atoms with Crippen molar-refractivity contribution in [3.05, 3.63) is 60.2 Å². The number of carbonyl (C=O) groups excluding carboxylic acids is 1. The molecule has 1 N–H and O–H groups in total. The molecule has 0 bridgehead atoms. The first kappa shape index (κ1) is 19.7. The van der Waals surface area contributed by atoms with Gasteiger partial charge in [0.1, 0.15) is 22.7 Å². The maximum atomic E-state index is 12.5. The number of methoxy groups -OCH3 is 2. The predicted octanol–water partition coefficient (Wildman–Crippen LogP) is 4.39. The fourth-order valence-electron chi connectivity index (χ4n) is 3.02. The molecule has 0 radical (unpaired) electrons. The van der Waals surface area contributed by atoms with E-state index in [0.29, 0.717) is 23.1 Å². The molecule has 8 heteroatoms. The van der Waals surface area contributed by atoms with E-state index < -0.39 is 0 Å². The first-order valence-corrected chi connectivity index (χ1v) is 10.00. The highest BCUT2D eigenvalue weighted by Crippen LogP contribution is 2.37. The van der Waals surface area contributed by atoms with Gasteiger partial charge in [-0.2, -0.15) is 0 Å². The summed E-state index contributed by atoms with van der Waals surface area (Å²) in [5.74, 6) is 1.16. The van der Waals surface area contributed by atoms with Crippen LogP contribution in [0.2, 0.25) is 0 Å². The van der Waals surface area contributed by atoms with Gasteiger partial charge in [-0.15, -0.1) is 11.3 Å². The quantitative estimate of drug-likeness (QED) is 0.476. The lowest BCUT2D eigenvalue weighted by molar-refractivity contribution is -0.118. The Balaban J connectivity index is 1.54. The average Bonchev–Trinajstić information content (AvgIpc) is 3.23. The fraction of sp³-hybridized carbons (Fsp3) is 0.136. The Morgan fingerprint density at radius 3 is 2.67 bits per heavy atom. The van der Waals surface area contributed by atoms with Crippen LogP contribution in [-0.4, -0.2) is 36.7 Å². The number of anilines is 1. The third kappa shape index (κ3) is 4.04. The minimum absolute atomic E-state index is 0.212. The van der Waals surface area contributed by atoms with Gasteiger partial charge in [-0.25, -0.2) is 9.97 Å². The number of ether oxygens (including phenoxy) is 3. The van der Waals surface area contributed by atoms with E-state index in [9.17, 15) is 4.79 Å². The number of nitrogens with zero attached hydrogens (tertiary/aromatic N) is 2. The number of thiophene rings is 1. The van der Waals surface area contributed by atoms with E-state index in [1.165, 1.54) is 24.8 Å². The van der Waals surface area contributed by atoms with Crippen LogP contribution >= 0.6 is 11.3 Å². The van der Waals surface area contributed by atoms with Crippen molar-refractivity contribution < 1.29 is 19.0 Å². The molecule has 0 unspecified atom stereocenters. The molecule has 0 aliphatic rings. The molecule has 0 aliphatic heterocycles. The maximum Gasteiger partial charge on any atom is 0.262 e. The van der Waals surface area contributed by atoms with E-state index in [4.69, 9.17) is 14.2 Å². The Labute approximate surface area is 177 Å². The number of fused-ring (bicyclic) bond motifs is 1. The van der Waals surface area contributed by atoms with Crippen LogP contribution in [0.1, 0.15) is 0 Å². The maximum absolute atomic E-state index is 12.5. The van der Waals surface area contributed by atoms with Gasteiger partial charge < -0.3 is 19.5 Å². The van der Waals surface area contributed by atoms with Gasteiger partial charge in [0.15, 0.2) is 6.61 Å². The number of aromatic nitrogens is 2. The molecule has 2 aromatic carbocycles. The van der Waals surface area contributed by atoms with Gasteiger partial charge in [0.05, 0.1) is 25.3 Å². The molecule has 0 saturated heterocycles. The van der Waals surface area contributed by atoms with Crippen LogP contribution in [0.4, 0.5) is 5.69 Å². The molecular formula is C22H19N3O4S. The van der Waals surface area contributed by atoms with Gasteiger partial charge >= 0.3 is 0 Å². The summed E-state index contributed by atoms with van der Waals surface area (Å²) in [5, 5.41) is 5.59. The van der Waals surface area contributed by atoms with Crippen LogP contribution in [-0.2, 0) is 4.79 Å². The van der Waals surface area contributed by atoms with Crippen molar-refractivity contribution in [3.63, 3.8) is 0 Å². The minimum atomic E-state index is -0.343. The molecule has 0 spiro atoms. The monoisotopic (exact) mass is 421 g/mol. The summed E-state index contributed by atoms with van der Waals surface area (Å²) < 4.78 is 16.3. The third-order valence-corrected chi connectivity index (χ3v) is 5.33. The van der Waals surface area contributed by atoms with Gasteiger partial charge in [-0.3, -0.25) is 4.79 Å². The van der Waals surface area contributed by atoms with Gasteiger partial charge in [0.2, 0.25) is 5.88 Å². The topological polar surface area (TPSA) is 82.6 Å². The largest absolute Gasteiger partial charge is 0.497 e. The van der Waals surface area contributed by atoms with Crippen molar-refractivity contribution in [2.45, 2.75) is 0 Å². The Kier molecular flexibility index (Phi) is 5.76. The molecule has 30 heavy (non-hydrogen) atoms. The van der Waals surface area contributed by atoms with Crippen LogP contribution in [0.25, 0.3) is 21.3 Å². The van der Waals surface area contributed by atoms with E-state index >= 15 is 0 Å². The molecule has 7 nitrogen and oxygen atoms in total. The second-order valence-corrected chi connectivity index (χ2v) is 7.14. The van der Waals surface area contributed by atoms with E-state index in [1.54, 1.807) is 25.3 Å². The average molecular weight is 421 g/mol. The summed E-state index contributed by atoms with van der Waals surface area (Å²) in [7, 11) is 3.09. The van der Waals surface area contributed by atoms with Gasteiger partial charge in [-0.1, -0.05) is 30.3 Å². The van der Waals surface area contributed by atoms with Gasteiger partial charge in [0, 0.05) is 17.0 Å². The molecule has 4 aromatic rings. The van der Waals surface area contributed by atoms with Crippen LogP contribution in [0, 0.1) is 0 Å². The van der Waals surface area contributed by atoms with Crippen molar-refractivity contribution in [1.29, 1.82) is 0 Å². The highest BCUT2D eigenvalue weighted by molar-refractivity contribution is 7.17. The Morgan fingerprint density at radius 2 is 1.90 bits per heavy atom. The van der Waals surface area contributed by atoms with Crippen molar-refractivity contribution in [2.75, 3.05) is 26.1 Å². The van der Waals surface area contributed by atoms with Crippen LogP contribution < -0.4 is 19.5 Å². The zero-order valence-electron chi connectivity index (χ0n) is 16.4. The van der Waals surface area contributed by atoms with Crippen molar-refractivity contribution in [1.82, 2.24) is 9.97 Å². The smallest absolute Gasteiger partial charge is 0.262 e. The summed E-state index contributed by atoms with van der Waals surface area (Å²) in [6, 6.07) is 15.1. The normalized spacial score (nSPS) is 10.6. The third-order valence-electron chi connectivity index (χ3n) is 4.44. The van der Waals surface area contributed by atoms with E-state index in [0.717, 1.165) is 21.3 Å². The second-order valence-electron chi connectivity index (χ2n) is 6.28. The lowest BCUT2D eigenvalue weighted by Crippen LogP contribution is -2.21. The molecular weight excluding hydrogens is 402 g/mol. The van der Waals surface area contributed by atoms with Gasteiger partial charge in [-0.05, 0) is 17.7 Å². The lowest BCUT2D eigenvalue weighted by atomic mass is 10.1. The highest BCUT2D eigenvalue weighted by atomic mass is 32.1. The number of rotatable bonds is 7. The van der Waals surface area contributed by atoms with Crippen LogP contribution in [0.3, 0.4) is 0 Å². The number of nitrogens with one attached hydrogen (secondary N) is 1. The molecule has 0 fully saturated rings. The number of benzene rings is 2. The van der Waals surface area contributed by atoms with E-state index in [1.807, 2.05) is 35.7 Å². The SMILES string of the molecule is COc1ccc(OC)c(NC(=O)COc2ncnc3scc(-c4ccccc4)c23)c1. The second kappa shape index (κ2) is 8.79. The first-order chi connectivity index (χ1) is 14.7. The number of hydrogen-bond donors (Lipinski definition) is 1. The highest BCUT2D eigenvalue weighted by Gasteiger charge is 2.16. The molecule has 4 rings (SSSR count). The summed E-state index contributed by atoms with van der Waals surface area (Å²) in [6.07, 6.45) is 1.44. The number of amides is 1. The molecule has 152 valence electrons. The zero-order chi connectivity index (χ0) is 20.9. The first-order valence-electron chi connectivity index (χ1n) is 9.12. The molecule has 2 aromatic heterocycles. The van der Waals surface area contributed by atoms with E-state index in [-0.39, 0.29) is 12.5 Å². The zero-order valence-corrected chi connectivity index (χ0v) is 17.2. The molecule has 0 saturated carbocycles. The van der Waals surface area contributed by atoms with Crippen molar-refractivity contribution in [3.8, 4) is 28.5 Å². The van der Waals surface area contributed by atoms with E-state index in [2.05, 4.69) is 15.3 Å². The summed E-state index contributed by atoms with van der Waals surface area (Å²) >= 11 is 1.51. The molecule has 0 atom stereocenters. The summed E-state index contributed by atoms with van der Waals surface area (Å²) in [6.45, 7) is -0.212. The Hall–Kier alpha value is -3.65. The number of hydrogen-bond acceptors (Lipinski definition) is 7. The Morgan fingerprint density at radius 1 is 1.07 bits per heavy atom. The molecule has 0 aliphatic carbocycles. The van der Waals surface area contributed by atoms with Crippen LogP contribution in [0.5, 0.6) is 17.4 Å². The van der Waals surface area contributed by atoms with Gasteiger partial charge in [0.25, 0.3) is 5.91 Å². The lowest BCUT2D eigenvalue weighted by Gasteiger charge is -2.12. The van der Waals surface area contributed by atoms with Crippen molar-refractivity contribution >= 4 is 33.1 Å². The number of carbonyl (C=O) groups is 1. The summed E-state index contributed by atoms with van der Waals surface area (Å²) in [5.41, 5.74) is 2.51. The Bertz CT molecular complexity index is 1180. The molecule has 1 amide bonds.